The van der Waals surface area contributed by atoms with E-state index in [1.54, 1.807) is 28.5 Å². The SMILES string of the molecule is Cc1ncsc1-c1ccc([C@H](C)NC(=O)[C@@H]2C[C@@H](O)CN2C(=O)[C@H](c2cc(N3CCN(CC4CCN(c5ccc(-c6cnc7[nH]cc(C(=O)c8c(F)ccc(N(N9CC[C@@H](F)C9)S(=O)O)c8F)c7c6)cc5)CC4)CC3)n(C)n2)C(C)C)cc1. The summed E-state index contributed by atoms with van der Waals surface area (Å²) >= 11 is -1.24. The molecule has 4 saturated heterocycles. The molecule has 83 heavy (non-hydrogen) atoms. The number of piperazine rings is 1. The highest BCUT2D eigenvalue weighted by Crippen LogP contribution is 2.37. The van der Waals surface area contributed by atoms with Crippen molar-refractivity contribution in [2.24, 2.45) is 18.9 Å². The van der Waals surface area contributed by atoms with E-state index in [1.807, 2.05) is 87.4 Å². The molecule has 8 heterocycles. The molecule has 18 nitrogen and oxygen atoms in total. The topological polar surface area (TPSA) is 200 Å². The number of piperidine rings is 1. The number of halogens is 3. The van der Waals surface area contributed by atoms with E-state index < -0.39 is 64.2 Å². The Morgan fingerprint density at radius 3 is 2.27 bits per heavy atom. The van der Waals surface area contributed by atoms with Crippen LogP contribution >= 0.6 is 11.3 Å². The minimum absolute atomic E-state index is 0.0313. The van der Waals surface area contributed by atoms with Gasteiger partial charge in [-0.2, -0.15) is 9.51 Å². The minimum atomic E-state index is -2.83. The number of H-pyrrole nitrogens is 1. The van der Waals surface area contributed by atoms with Crippen LogP contribution in [0.1, 0.15) is 91.3 Å². The Kier molecular flexibility index (Phi) is 16.9. The zero-order valence-electron chi connectivity index (χ0n) is 47.1. The Morgan fingerprint density at radius 2 is 1.60 bits per heavy atom. The molecule has 0 spiro atoms. The Labute approximate surface area is 486 Å². The number of aliphatic hydroxyl groups excluding tert-OH is 1. The van der Waals surface area contributed by atoms with Gasteiger partial charge in [0.2, 0.25) is 17.6 Å². The van der Waals surface area contributed by atoms with Crippen LogP contribution in [0.25, 0.3) is 32.6 Å². The van der Waals surface area contributed by atoms with Crippen molar-refractivity contribution in [1.29, 1.82) is 0 Å². The maximum absolute atomic E-state index is 16.1. The number of hydrogen-bond donors (Lipinski definition) is 4. The fourth-order valence-corrected chi connectivity index (χ4v) is 13.9. The number of anilines is 3. The smallest absolute Gasteiger partial charge is 0.277 e. The van der Waals surface area contributed by atoms with E-state index in [1.165, 1.54) is 11.2 Å². The highest BCUT2D eigenvalue weighted by atomic mass is 32.2. The quantitative estimate of drug-likeness (QED) is 0.0501. The first-order valence-electron chi connectivity index (χ1n) is 28.4. The van der Waals surface area contributed by atoms with Crippen molar-refractivity contribution in [3.8, 4) is 21.6 Å². The van der Waals surface area contributed by atoms with Crippen LogP contribution in [0.2, 0.25) is 0 Å². The molecule has 2 amide bonds. The highest BCUT2D eigenvalue weighted by molar-refractivity contribution is 7.80. The van der Waals surface area contributed by atoms with Gasteiger partial charge in [0, 0.05) is 113 Å². The van der Waals surface area contributed by atoms with Crippen LogP contribution in [-0.2, 0) is 27.9 Å². The molecule has 3 aromatic carbocycles. The largest absolute Gasteiger partial charge is 0.391 e. The molecule has 0 aliphatic carbocycles. The Morgan fingerprint density at radius 1 is 0.880 bits per heavy atom. The minimum Gasteiger partial charge on any atom is -0.391 e. The number of thiazole rings is 1. The number of pyridine rings is 1. The van der Waals surface area contributed by atoms with Crippen molar-refractivity contribution >= 4 is 68.4 Å². The maximum atomic E-state index is 16.1. The summed E-state index contributed by atoms with van der Waals surface area (Å²) in [5, 5.41) is 20.4. The third-order valence-corrected chi connectivity index (χ3v) is 18.7. The Balaban J connectivity index is 0.671. The summed E-state index contributed by atoms with van der Waals surface area (Å²) in [6, 6.07) is 20.6. The van der Waals surface area contributed by atoms with E-state index in [4.69, 9.17) is 5.10 Å². The second-order valence-electron chi connectivity index (χ2n) is 22.8. The number of β-amino-alcohol motifs (C(OH)–C–C–N with tert-alkyl or cyclic N) is 1. The summed E-state index contributed by atoms with van der Waals surface area (Å²) in [7, 11) is 1.91. The molecule has 4 aliphatic heterocycles. The fraction of sp³-hybridized carbons (Fsp3) is 0.433. The van der Waals surface area contributed by atoms with Crippen LogP contribution in [0.4, 0.5) is 30.4 Å². The lowest BCUT2D eigenvalue weighted by atomic mass is 9.90. The van der Waals surface area contributed by atoms with Gasteiger partial charge < -0.3 is 30.1 Å². The number of carbonyl (C=O) groups excluding carboxylic acids is 3. The van der Waals surface area contributed by atoms with Gasteiger partial charge in [-0.3, -0.25) is 28.5 Å². The zero-order chi connectivity index (χ0) is 58.4. The number of hydrazine groups is 1. The van der Waals surface area contributed by atoms with Crippen molar-refractivity contribution in [3.63, 3.8) is 0 Å². The molecule has 4 aliphatic rings. The molecule has 0 saturated carbocycles. The third kappa shape index (κ3) is 11.9. The zero-order valence-corrected chi connectivity index (χ0v) is 48.7. The van der Waals surface area contributed by atoms with E-state index in [0.717, 1.165) is 110 Å². The fourth-order valence-electron chi connectivity index (χ4n) is 12.4. The standard InChI is InChI=1S/C60H69F3N12O6S2/c1-35(2)53(60(79)74-33-45(76)27-51(74)59(78)67-36(3)39-6-8-41(9-7-39)57-37(4)66-34-82-57)49-28-52(69(5)68-49)72-24-22-70(23-25-72)31-38-16-19-71(20-17-38)44-12-10-40(11-13-44)42-26-46-47(30-65-58(46)64-29-42)56(77)54-48(62)14-15-50(55(54)63)75(83(80)81)73-21-18-43(61)32-73/h6-15,26,28-30,34-36,38,43,45,51,53,76H,16-25,27,31-33H2,1-5H3,(H,64,65)(H,67,78)(H,80,81)/t36-,43+,45+,51-,53-/m0/s1. The first-order valence-corrected chi connectivity index (χ1v) is 30.3. The number of aryl methyl sites for hydroxylation is 2. The van der Waals surface area contributed by atoms with Crippen LogP contribution in [0.3, 0.4) is 0 Å². The van der Waals surface area contributed by atoms with Crippen LogP contribution in [0, 0.1) is 30.4 Å². The van der Waals surface area contributed by atoms with E-state index >= 15 is 8.78 Å². The van der Waals surface area contributed by atoms with E-state index in [-0.39, 0.29) is 61.8 Å². The van der Waals surface area contributed by atoms with Crippen molar-refractivity contribution in [2.45, 2.75) is 83.7 Å². The van der Waals surface area contributed by atoms with Crippen molar-refractivity contribution < 1.29 is 41.4 Å². The van der Waals surface area contributed by atoms with Gasteiger partial charge in [0.1, 0.15) is 35.2 Å². The molecule has 0 bridgehead atoms. The van der Waals surface area contributed by atoms with Crippen LogP contribution in [0.5, 0.6) is 0 Å². The number of nitrogens with zero attached hydrogens (tertiary/aromatic N) is 10. The monoisotopic (exact) mass is 1170 g/mol. The van der Waals surface area contributed by atoms with Gasteiger partial charge in [-0.1, -0.05) is 50.2 Å². The highest BCUT2D eigenvalue weighted by Gasteiger charge is 2.44. The van der Waals surface area contributed by atoms with E-state index in [9.17, 15) is 32.6 Å². The molecular weight excluding hydrogens is 1110 g/mol. The number of alkyl halides is 1. The number of hydrogen-bond acceptors (Lipinski definition) is 13. The number of likely N-dealkylation sites (tertiary alicyclic amines) is 1. The van der Waals surface area contributed by atoms with Gasteiger partial charge in [0.05, 0.1) is 51.9 Å². The molecule has 438 valence electrons. The molecule has 4 fully saturated rings. The number of fused-ring (bicyclic) bond motifs is 1. The predicted octanol–water partition coefficient (Wildman–Crippen LogP) is 8.42. The van der Waals surface area contributed by atoms with Gasteiger partial charge in [-0.25, -0.2) is 32.4 Å². The molecule has 23 heteroatoms. The Hall–Kier alpha value is -7.02. The van der Waals surface area contributed by atoms with E-state index in [2.05, 4.69) is 47.1 Å². The number of carbonyl (C=O) groups is 3. The van der Waals surface area contributed by atoms with Crippen molar-refractivity contribution in [3.05, 3.63) is 130 Å². The van der Waals surface area contributed by atoms with Gasteiger partial charge in [-0.15, -0.1) is 11.3 Å². The van der Waals surface area contributed by atoms with Gasteiger partial charge in [0.15, 0.2) is 5.82 Å². The number of amides is 2. The maximum Gasteiger partial charge on any atom is 0.277 e. The normalized spacial score (nSPS) is 20.4. The van der Waals surface area contributed by atoms with Gasteiger partial charge in [0.25, 0.3) is 11.3 Å². The summed E-state index contributed by atoms with van der Waals surface area (Å²) in [5.41, 5.74) is 6.91. The molecule has 4 N–H and O–H groups in total. The van der Waals surface area contributed by atoms with Crippen LogP contribution in [0.15, 0.2) is 90.7 Å². The molecule has 6 atom stereocenters. The van der Waals surface area contributed by atoms with E-state index in [0.29, 0.717) is 32.6 Å². The summed E-state index contributed by atoms with van der Waals surface area (Å²) < 4.78 is 70.5. The number of aromatic amines is 1. The summed E-state index contributed by atoms with van der Waals surface area (Å²) in [6.07, 6.45) is 3.18. The number of aromatic nitrogens is 5. The average molecular weight is 1180 g/mol. The lowest BCUT2D eigenvalue weighted by molar-refractivity contribution is -0.140. The molecule has 1 unspecified atom stereocenters. The van der Waals surface area contributed by atoms with Gasteiger partial charge in [-0.05, 0) is 92.0 Å². The molecule has 0 radical (unpaired) electrons. The predicted molar refractivity (Wildman–Crippen MR) is 315 cm³/mol. The summed E-state index contributed by atoms with van der Waals surface area (Å²) in [6.45, 7) is 13.9. The third-order valence-electron chi connectivity index (χ3n) is 17.0. The second kappa shape index (κ2) is 24.3. The number of ketones is 1. The number of benzene rings is 3. The number of rotatable bonds is 17. The molecule has 7 aromatic rings. The first-order chi connectivity index (χ1) is 39.9. The summed E-state index contributed by atoms with van der Waals surface area (Å²) in [5.74, 6) is -3.23. The first kappa shape index (κ1) is 57.8. The van der Waals surface area contributed by atoms with Crippen LogP contribution in [-0.4, -0.2) is 155 Å². The number of aliphatic hydroxyl groups is 1. The Bertz CT molecular complexity index is 3530. The van der Waals surface area contributed by atoms with Gasteiger partial charge >= 0.3 is 0 Å². The summed E-state index contributed by atoms with van der Waals surface area (Å²) in [4.78, 5) is 64.1. The average Bonchev–Trinajstić information content (AvgIpc) is 3.65. The lowest BCUT2D eigenvalue weighted by Crippen LogP contribution is -2.49. The molecular formula is C60H69F3N12O6S2. The van der Waals surface area contributed by atoms with Crippen LogP contribution < -0.4 is 19.5 Å². The molecule has 11 rings (SSSR count). The lowest BCUT2D eigenvalue weighted by Gasteiger charge is -2.40. The molecule has 4 aromatic heterocycles. The van der Waals surface area contributed by atoms with Crippen molar-refractivity contribution in [2.75, 3.05) is 79.7 Å². The number of nitrogens with one attached hydrogen (secondary N) is 2. The second-order valence-corrected chi connectivity index (χ2v) is 24.4. The van der Waals surface area contributed by atoms with Crippen molar-refractivity contribution in [1.82, 2.24) is 44.9 Å².